The predicted octanol–water partition coefficient (Wildman–Crippen LogP) is 3.94. The molecule has 0 aliphatic carbocycles. The maximum atomic E-state index is 13.2. The number of hydrogen-bond donors (Lipinski definition) is 1. The first-order valence-electron chi connectivity index (χ1n) is 6.91. The molecule has 2 atom stereocenters. The second-order valence-electron chi connectivity index (χ2n) is 4.73. The summed E-state index contributed by atoms with van der Waals surface area (Å²) in [4.78, 5) is 0. The Morgan fingerprint density at radius 2 is 1.85 bits per heavy atom. The van der Waals surface area contributed by atoms with Crippen molar-refractivity contribution in [3.63, 3.8) is 0 Å². The minimum atomic E-state index is -0.283. The molecule has 2 unspecified atom stereocenters. The fourth-order valence-electron chi connectivity index (χ4n) is 2.26. The molecule has 2 aromatic rings. The van der Waals surface area contributed by atoms with Crippen LogP contribution in [0.25, 0.3) is 0 Å². The Balaban J connectivity index is 2.13. The van der Waals surface area contributed by atoms with Crippen molar-refractivity contribution >= 4 is 0 Å². The molecule has 0 heterocycles. The maximum absolute atomic E-state index is 13.2. The number of hydrogen-bond acceptors (Lipinski definition) is 2. The van der Waals surface area contributed by atoms with E-state index in [0.29, 0.717) is 5.75 Å². The van der Waals surface area contributed by atoms with E-state index in [0.717, 1.165) is 6.54 Å². The average Bonchev–Trinajstić information content (AvgIpc) is 2.45. The molecule has 0 aromatic heterocycles. The lowest BCUT2D eigenvalue weighted by molar-refractivity contribution is 0.171. The first kappa shape index (κ1) is 14.5. The van der Waals surface area contributed by atoms with E-state index in [2.05, 4.69) is 24.4 Å². The van der Waals surface area contributed by atoms with Gasteiger partial charge in [-0.05, 0) is 31.2 Å². The van der Waals surface area contributed by atoms with Gasteiger partial charge in [-0.15, -0.1) is 0 Å². The van der Waals surface area contributed by atoms with E-state index in [4.69, 9.17) is 4.74 Å². The molecule has 0 saturated heterocycles. The quantitative estimate of drug-likeness (QED) is 0.860. The zero-order chi connectivity index (χ0) is 14.4. The number of likely N-dealkylation sites (N-methyl/N-ethyl adjacent to an activating group) is 1. The molecule has 0 fully saturated rings. The Labute approximate surface area is 119 Å². The third kappa shape index (κ3) is 3.81. The van der Waals surface area contributed by atoms with E-state index in [1.807, 2.05) is 25.1 Å². The van der Waals surface area contributed by atoms with Crippen molar-refractivity contribution in [2.24, 2.45) is 0 Å². The molecule has 20 heavy (non-hydrogen) atoms. The van der Waals surface area contributed by atoms with Gasteiger partial charge in [0.25, 0.3) is 0 Å². The molecule has 3 heteroatoms. The summed E-state index contributed by atoms with van der Waals surface area (Å²) in [5.74, 6) is 0.269. The number of nitrogens with one attached hydrogen (secondary N) is 1. The van der Waals surface area contributed by atoms with Gasteiger partial charge >= 0.3 is 0 Å². The molecular formula is C17H20FNO. The molecule has 1 N–H and O–H groups in total. The molecular weight excluding hydrogens is 253 g/mol. The Bertz CT molecular complexity index is 530. The zero-order valence-corrected chi connectivity index (χ0v) is 11.8. The van der Waals surface area contributed by atoms with Crippen molar-refractivity contribution in [1.82, 2.24) is 5.32 Å². The molecule has 0 aliphatic rings. The van der Waals surface area contributed by atoms with E-state index in [1.54, 1.807) is 12.1 Å². The lowest BCUT2D eigenvalue weighted by Gasteiger charge is -2.26. The summed E-state index contributed by atoms with van der Waals surface area (Å²) in [7, 11) is 0. The fourth-order valence-corrected chi connectivity index (χ4v) is 2.26. The maximum Gasteiger partial charge on any atom is 0.126 e. The third-order valence-corrected chi connectivity index (χ3v) is 3.17. The average molecular weight is 273 g/mol. The van der Waals surface area contributed by atoms with Crippen molar-refractivity contribution < 1.29 is 9.13 Å². The van der Waals surface area contributed by atoms with Crippen LogP contribution in [-0.2, 0) is 0 Å². The molecule has 2 nitrogen and oxygen atoms in total. The van der Waals surface area contributed by atoms with Crippen molar-refractivity contribution in [1.29, 1.82) is 0 Å². The molecule has 106 valence electrons. The van der Waals surface area contributed by atoms with E-state index in [-0.39, 0.29) is 18.0 Å². The van der Waals surface area contributed by atoms with Gasteiger partial charge in [0.2, 0.25) is 0 Å². The highest BCUT2D eigenvalue weighted by Crippen LogP contribution is 2.22. The van der Waals surface area contributed by atoms with E-state index in [1.165, 1.54) is 17.7 Å². The number of ether oxygens (including phenoxy) is 1. The van der Waals surface area contributed by atoms with Crippen LogP contribution in [0.15, 0.2) is 54.6 Å². The van der Waals surface area contributed by atoms with Crippen LogP contribution >= 0.6 is 0 Å². The van der Waals surface area contributed by atoms with Gasteiger partial charge in [-0.3, -0.25) is 0 Å². The summed E-state index contributed by atoms with van der Waals surface area (Å²) in [6, 6.07) is 16.5. The van der Waals surface area contributed by atoms with Gasteiger partial charge in [0.1, 0.15) is 17.7 Å². The minimum Gasteiger partial charge on any atom is -0.489 e. The summed E-state index contributed by atoms with van der Waals surface area (Å²) in [6.07, 6.45) is -0.0980. The predicted molar refractivity (Wildman–Crippen MR) is 79.3 cm³/mol. The molecule has 0 spiro atoms. The number of halogens is 1. The van der Waals surface area contributed by atoms with Gasteiger partial charge in [0.05, 0.1) is 6.04 Å². The lowest BCUT2D eigenvalue weighted by Crippen LogP contribution is -2.33. The summed E-state index contributed by atoms with van der Waals surface area (Å²) in [5.41, 5.74) is 1.17. The van der Waals surface area contributed by atoms with Gasteiger partial charge in [0, 0.05) is 6.07 Å². The summed E-state index contributed by atoms with van der Waals surface area (Å²) >= 11 is 0. The topological polar surface area (TPSA) is 21.3 Å². The first-order chi connectivity index (χ1) is 9.70. The third-order valence-electron chi connectivity index (χ3n) is 3.17. The van der Waals surface area contributed by atoms with Crippen LogP contribution in [0.3, 0.4) is 0 Å². The summed E-state index contributed by atoms with van der Waals surface area (Å²) in [5, 5.41) is 3.41. The second-order valence-corrected chi connectivity index (χ2v) is 4.73. The molecule has 0 radical (unpaired) electrons. The largest absolute Gasteiger partial charge is 0.489 e. The van der Waals surface area contributed by atoms with Crippen molar-refractivity contribution in [3.8, 4) is 5.75 Å². The van der Waals surface area contributed by atoms with Crippen LogP contribution in [0.5, 0.6) is 5.75 Å². The van der Waals surface area contributed by atoms with Crippen LogP contribution in [0.1, 0.15) is 25.5 Å². The van der Waals surface area contributed by atoms with Crippen LogP contribution in [0.2, 0.25) is 0 Å². The normalized spacial score (nSPS) is 13.8. The minimum absolute atomic E-state index is 0.0736. The molecule has 0 bridgehead atoms. The smallest absolute Gasteiger partial charge is 0.126 e. The van der Waals surface area contributed by atoms with Gasteiger partial charge < -0.3 is 10.1 Å². The Hall–Kier alpha value is -1.87. The molecule has 0 saturated carbocycles. The van der Waals surface area contributed by atoms with Gasteiger partial charge in [0.15, 0.2) is 0 Å². The van der Waals surface area contributed by atoms with Crippen LogP contribution in [-0.4, -0.2) is 12.6 Å². The van der Waals surface area contributed by atoms with E-state index in [9.17, 15) is 4.39 Å². The standard InChI is InChI=1S/C17H20FNO/c1-3-19-17(14-8-5-4-6-9-14)13(2)20-16-11-7-10-15(18)12-16/h4-13,17,19H,3H2,1-2H3. The Morgan fingerprint density at radius 3 is 2.50 bits per heavy atom. The lowest BCUT2D eigenvalue weighted by atomic mass is 10.0. The Morgan fingerprint density at radius 1 is 1.10 bits per heavy atom. The van der Waals surface area contributed by atoms with Gasteiger partial charge in [-0.2, -0.15) is 0 Å². The van der Waals surface area contributed by atoms with Crippen molar-refractivity contribution in [2.75, 3.05) is 6.54 Å². The van der Waals surface area contributed by atoms with Crippen molar-refractivity contribution in [3.05, 3.63) is 66.0 Å². The summed E-state index contributed by atoms with van der Waals surface area (Å²) < 4.78 is 19.1. The summed E-state index contributed by atoms with van der Waals surface area (Å²) in [6.45, 7) is 4.90. The van der Waals surface area contributed by atoms with Gasteiger partial charge in [-0.1, -0.05) is 43.3 Å². The van der Waals surface area contributed by atoms with E-state index < -0.39 is 0 Å². The van der Waals surface area contributed by atoms with Crippen molar-refractivity contribution in [2.45, 2.75) is 26.0 Å². The van der Waals surface area contributed by atoms with Crippen LogP contribution in [0.4, 0.5) is 4.39 Å². The molecule has 0 aliphatic heterocycles. The Kier molecular flexibility index (Phi) is 5.13. The number of rotatable bonds is 6. The zero-order valence-electron chi connectivity index (χ0n) is 11.8. The monoisotopic (exact) mass is 273 g/mol. The molecule has 0 amide bonds. The SMILES string of the molecule is CCNC(c1ccccc1)C(C)Oc1cccc(F)c1. The second kappa shape index (κ2) is 7.06. The highest BCUT2D eigenvalue weighted by atomic mass is 19.1. The van der Waals surface area contributed by atoms with Crippen LogP contribution < -0.4 is 10.1 Å². The van der Waals surface area contributed by atoms with Crippen LogP contribution in [0, 0.1) is 5.82 Å². The first-order valence-corrected chi connectivity index (χ1v) is 6.91. The highest BCUT2D eigenvalue weighted by Gasteiger charge is 2.19. The van der Waals surface area contributed by atoms with E-state index >= 15 is 0 Å². The number of benzene rings is 2. The highest BCUT2D eigenvalue weighted by molar-refractivity contribution is 5.24. The van der Waals surface area contributed by atoms with Gasteiger partial charge in [-0.25, -0.2) is 4.39 Å². The molecule has 2 rings (SSSR count). The molecule has 2 aromatic carbocycles. The fraction of sp³-hybridized carbons (Fsp3) is 0.294.